The van der Waals surface area contributed by atoms with Crippen molar-refractivity contribution in [3.8, 4) is 0 Å². The van der Waals surface area contributed by atoms with Crippen LogP contribution < -0.4 is 5.73 Å². The van der Waals surface area contributed by atoms with Crippen LogP contribution in [0.1, 0.15) is 136 Å². The Bertz CT molecular complexity index is 1330. The first-order valence-corrected chi connectivity index (χ1v) is 23.0. The summed E-state index contributed by atoms with van der Waals surface area (Å²) in [5.74, 6) is -1.03. The van der Waals surface area contributed by atoms with Gasteiger partial charge in [0.25, 0.3) is 0 Å². The molecule has 2 unspecified atom stereocenters. The number of esters is 2. The molecule has 328 valence electrons. The van der Waals surface area contributed by atoms with Crippen molar-refractivity contribution in [1.82, 2.24) is 0 Å². The predicted octanol–water partition coefficient (Wildman–Crippen LogP) is 11.4. The highest BCUT2D eigenvalue weighted by molar-refractivity contribution is 7.47. The first kappa shape index (κ1) is 54.6. The molecule has 3 atom stereocenters. The van der Waals surface area contributed by atoms with Crippen molar-refractivity contribution >= 4 is 19.8 Å². The van der Waals surface area contributed by atoms with Crippen LogP contribution in [0.15, 0.2) is 109 Å². The number of allylic oxidation sites excluding steroid dienone is 16. The average molecular weight is 830 g/mol. The van der Waals surface area contributed by atoms with Crippen LogP contribution in [-0.4, -0.2) is 60.5 Å². The Labute approximate surface area is 351 Å². The Morgan fingerprint density at radius 2 is 1.19 bits per heavy atom. The third-order valence-corrected chi connectivity index (χ3v) is 9.22. The van der Waals surface area contributed by atoms with Crippen LogP contribution in [0.25, 0.3) is 0 Å². The van der Waals surface area contributed by atoms with E-state index < -0.39 is 38.6 Å². The van der Waals surface area contributed by atoms with Gasteiger partial charge >= 0.3 is 19.8 Å². The van der Waals surface area contributed by atoms with E-state index in [0.717, 1.165) is 44.9 Å². The van der Waals surface area contributed by atoms with Crippen molar-refractivity contribution in [2.75, 3.05) is 26.4 Å². The molecule has 0 amide bonds. The van der Waals surface area contributed by atoms with Crippen molar-refractivity contribution < 1.29 is 42.7 Å². The molecule has 0 aromatic rings. The molecule has 0 aliphatic carbocycles. The van der Waals surface area contributed by atoms with Crippen molar-refractivity contribution in [2.24, 2.45) is 5.73 Å². The first-order chi connectivity index (χ1) is 28.2. The number of carbonyl (C=O) groups is 2. The van der Waals surface area contributed by atoms with Gasteiger partial charge in [0.2, 0.25) is 0 Å². The maximum Gasteiger partial charge on any atom is 0.472 e. The molecule has 0 aromatic heterocycles. The first-order valence-electron chi connectivity index (χ1n) is 21.5. The molecule has 0 rings (SSSR count). The van der Waals surface area contributed by atoms with E-state index in [1.54, 1.807) is 6.08 Å². The fraction of sp³-hybridized carbons (Fsp3) is 0.574. The van der Waals surface area contributed by atoms with Gasteiger partial charge in [-0.3, -0.25) is 18.6 Å². The number of aliphatic hydroxyl groups excluding tert-OH is 1. The second-order valence-corrected chi connectivity index (χ2v) is 15.1. The molecule has 0 fully saturated rings. The van der Waals surface area contributed by atoms with E-state index >= 15 is 0 Å². The van der Waals surface area contributed by atoms with E-state index in [4.69, 9.17) is 24.3 Å². The van der Waals surface area contributed by atoms with Gasteiger partial charge in [0.05, 0.1) is 19.3 Å². The maximum absolute atomic E-state index is 12.5. The molecular weight excluding hydrogens is 753 g/mol. The predicted molar refractivity (Wildman–Crippen MR) is 239 cm³/mol. The largest absolute Gasteiger partial charge is 0.472 e. The van der Waals surface area contributed by atoms with E-state index in [2.05, 4.69) is 62.5 Å². The topological polar surface area (TPSA) is 155 Å². The number of phosphoric acid groups is 1. The summed E-state index contributed by atoms with van der Waals surface area (Å²) in [6.45, 7) is 3.35. The van der Waals surface area contributed by atoms with E-state index in [1.807, 2.05) is 54.7 Å². The number of nitrogens with two attached hydrogens (primary N) is 1. The lowest BCUT2D eigenvalue weighted by molar-refractivity contribution is -0.161. The molecule has 0 saturated carbocycles. The number of unbranched alkanes of at least 4 members (excludes halogenated alkanes) is 7. The Hall–Kier alpha value is -3.37. The smallest absolute Gasteiger partial charge is 0.462 e. The molecule has 11 heteroatoms. The third-order valence-electron chi connectivity index (χ3n) is 8.24. The number of hydrogen-bond donors (Lipinski definition) is 3. The maximum atomic E-state index is 12.5. The number of carbonyl (C=O) groups excluding carboxylic acids is 2. The van der Waals surface area contributed by atoms with E-state index in [0.29, 0.717) is 25.7 Å². The molecular formula is C47H76NO9P. The minimum atomic E-state index is -4.43. The van der Waals surface area contributed by atoms with Gasteiger partial charge in [-0.15, -0.1) is 0 Å². The molecule has 0 saturated heterocycles. The van der Waals surface area contributed by atoms with Crippen molar-refractivity contribution in [3.63, 3.8) is 0 Å². The van der Waals surface area contributed by atoms with Crippen LogP contribution in [0.2, 0.25) is 0 Å². The van der Waals surface area contributed by atoms with Crippen LogP contribution in [0.3, 0.4) is 0 Å². The van der Waals surface area contributed by atoms with Gasteiger partial charge < -0.3 is 25.2 Å². The number of hydrogen-bond acceptors (Lipinski definition) is 9. The number of rotatable bonds is 38. The van der Waals surface area contributed by atoms with Crippen LogP contribution in [0.4, 0.5) is 0 Å². The number of aliphatic hydroxyl groups is 1. The summed E-state index contributed by atoms with van der Waals surface area (Å²) in [4.78, 5) is 34.8. The second kappa shape index (κ2) is 41.8. The van der Waals surface area contributed by atoms with Gasteiger partial charge in [0.15, 0.2) is 6.10 Å². The molecule has 58 heavy (non-hydrogen) atoms. The van der Waals surface area contributed by atoms with Crippen LogP contribution in [0, 0.1) is 0 Å². The third kappa shape index (κ3) is 40.8. The van der Waals surface area contributed by atoms with Crippen LogP contribution in [0.5, 0.6) is 0 Å². The molecule has 0 aliphatic rings. The Kier molecular flexibility index (Phi) is 39.4. The molecule has 10 nitrogen and oxygen atoms in total. The molecule has 0 bridgehead atoms. The summed E-state index contributed by atoms with van der Waals surface area (Å²) in [6.07, 6.45) is 51.7. The molecule has 0 aromatic carbocycles. The summed E-state index contributed by atoms with van der Waals surface area (Å²) in [6, 6.07) is 0. The van der Waals surface area contributed by atoms with Gasteiger partial charge in [0, 0.05) is 19.4 Å². The highest BCUT2D eigenvalue weighted by Crippen LogP contribution is 2.43. The summed E-state index contributed by atoms with van der Waals surface area (Å²) in [5, 5.41) is 10.00. The van der Waals surface area contributed by atoms with Gasteiger partial charge in [-0.25, -0.2) is 4.57 Å². The molecule has 0 radical (unpaired) electrons. The van der Waals surface area contributed by atoms with Crippen LogP contribution >= 0.6 is 7.82 Å². The van der Waals surface area contributed by atoms with E-state index in [9.17, 15) is 24.2 Å². The van der Waals surface area contributed by atoms with Gasteiger partial charge in [-0.05, 0) is 77.0 Å². The Balaban J connectivity index is 4.46. The number of phosphoric ester groups is 1. The lowest BCUT2D eigenvalue weighted by atomic mass is 10.1. The SMILES string of the molecule is CC/C=C\C/C=C\CC(O)/C=C/C=C\C/C=C\C/C=C\CCC(=O)O[C@H](COC(=O)CCC/C=C\C/C=C\C/C=C\CCCCCCCC)COP(=O)(O)OCCN. The molecule has 0 spiro atoms. The van der Waals surface area contributed by atoms with E-state index in [1.165, 1.54) is 38.5 Å². The Morgan fingerprint density at radius 3 is 1.84 bits per heavy atom. The highest BCUT2D eigenvalue weighted by atomic mass is 31.2. The van der Waals surface area contributed by atoms with E-state index in [-0.39, 0.29) is 32.6 Å². The Morgan fingerprint density at radius 1 is 0.621 bits per heavy atom. The molecule has 4 N–H and O–H groups in total. The van der Waals surface area contributed by atoms with Crippen molar-refractivity contribution in [1.29, 1.82) is 0 Å². The molecule has 0 aliphatic heterocycles. The lowest BCUT2D eigenvalue weighted by Gasteiger charge is -2.19. The number of ether oxygens (including phenoxy) is 2. The standard InChI is InChI=1S/C47H76NO9P/c1-3-5-7-9-11-12-13-14-15-16-17-18-19-23-26-30-34-38-46(50)54-42-45(43-56-58(52,53)55-41-40-48)57-47(51)39-35-31-27-24-21-20-22-25-29-33-37-44(49)36-32-28-10-8-6-4-2/h6,8,14-15,17-18,20-21,23,25-29,31-33,37,44-45,49H,3-5,7,9-13,16,19,22,24,30,34-36,38-43,48H2,1-2H3,(H,52,53)/b8-6-,15-14-,18-17-,21-20-,26-23-,29-25-,31-27-,32-28-,37-33+/t44?,45-/m1/s1. The summed E-state index contributed by atoms with van der Waals surface area (Å²) >= 11 is 0. The zero-order chi connectivity index (χ0) is 42.6. The monoisotopic (exact) mass is 830 g/mol. The minimum Gasteiger partial charge on any atom is -0.462 e. The summed E-state index contributed by atoms with van der Waals surface area (Å²) in [5.41, 5.74) is 5.33. The van der Waals surface area contributed by atoms with Gasteiger partial charge in [-0.1, -0.05) is 155 Å². The normalized spacial score (nSPS) is 14.9. The summed E-state index contributed by atoms with van der Waals surface area (Å²) < 4.78 is 32.6. The lowest BCUT2D eigenvalue weighted by Crippen LogP contribution is -2.29. The fourth-order valence-corrected chi connectivity index (χ4v) is 5.82. The van der Waals surface area contributed by atoms with Crippen LogP contribution in [-0.2, 0) is 32.7 Å². The van der Waals surface area contributed by atoms with Gasteiger partial charge in [-0.2, -0.15) is 0 Å². The minimum absolute atomic E-state index is 0.0208. The van der Waals surface area contributed by atoms with Crippen molar-refractivity contribution in [2.45, 2.75) is 148 Å². The quantitative estimate of drug-likeness (QED) is 0.0180. The fourth-order valence-electron chi connectivity index (χ4n) is 5.05. The highest BCUT2D eigenvalue weighted by Gasteiger charge is 2.25. The van der Waals surface area contributed by atoms with Gasteiger partial charge in [0.1, 0.15) is 6.61 Å². The summed E-state index contributed by atoms with van der Waals surface area (Å²) in [7, 11) is -4.43. The second-order valence-electron chi connectivity index (χ2n) is 13.7. The zero-order valence-corrected chi connectivity index (χ0v) is 36.5. The average Bonchev–Trinajstić information content (AvgIpc) is 3.21. The zero-order valence-electron chi connectivity index (χ0n) is 35.6. The molecule has 0 heterocycles. The van der Waals surface area contributed by atoms with Crippen molar-refractivity contribution in [3.05, 3.63) is 109 Å².